The van der Waals surface area contributed by atoms with Crippen LogP contribution >= 0.6 is 11.6 Å². The molecule has 1 amide bonds. The van der Waals surface area contributed by atoms with Gasteiger partial charge in [0.05, 0.1) is 35.9 Å². The fourth-order valence-electron chi connectivity index (χ4n) is 6.55. The van der Waals surface area contributed by atoms with Crippen molar-refractivity contribution in [2.45, 2.75) is 69.5 Å². The van der Waals surface area contributed by atoms with Crippen molar-refractivity contribution < 1.29 is 28.2 Å². The number of hydrogen-bond donors (Lipinski definition) is 4. The Kier molecular flexibility index (Phi) is 7.84. The monoisotopic (exact) mass is 562 g/mol. The van der Waals surface area contributed by atoms with Crippen molar-refractivity contribution in [2.24, 2.45) is 17.8 Å². The topological polar surface area (TPSA) is 113 Å². The molecule has 2 heterocycles. The highest BCUT2D eigenvalue weighted by Gasteiger charge is 2.54. The number of ether oxygens (including phenoxy) is 1. The summed E-state index contributed by atoms with van der Waals surface area (Å²) >= 11 is 6.18. The third-order valence-electron chi connectivity index (χ3n) is 8.46. The molecule has 1 atom stereocenters. The van der Waals surface area contributed by atoms with Crippen LogP contribution in [0.4, 0.5) is 20.2 Å². The summed E-state index contributed by atoms with van der Waals surface area (Å²) in [7, 11) is 1.45. The number of amides is 1. The van der Waals surface area contributed by atoms with Gasteiger partial charge in [-0.2, -0.15) is 0 Å². The molecule has 0 bridgehead atoms. The Morgan fingerprint density at radius 1 is 1.05 bits per heavy atom. The number of carbonyl (C=O) groups excluding carboxylic acids is 1. The molecule has 11 heteroatoms. The second-order valence-electron chi connectivity index (χ2n) is 10.8. The first-order chi connectivity index (χ1) is 18.7. The summed E-state index contributed by atoms with van der Waals surface area (Å²) < 4.78 is 34.2. The summed E-state index contributed by atoms with van der Waals surface area (Å²) in [5.74, 6) is -4.02. The van der Waals surface area contributed by atoms with Crippen LogP contribution in [0.25, 0.3) is 0 Å². The van der Waals surface area contributed by atoms with Crippen LogP contribution in [0.2, 0.25) is 5.15 Å². The van der Waals surface area contributed by atoms with Gasteiger partial charge in [-0.25, -0.2) is 13.8 Å². The Bertz CT molecular complexity index is 1220. The number of aliphatic carboxylic acids is 1. The minimum atomic E-state index is -1.34. The minimum Gasteiger partial charge on any atom is -0.481 e. The Hall–Kier alpha value is -3.14. The van der Waals surface area contributed by atoms with Crippen molar-refractivity contribution in [1.29, 1.82) is 0 Å². The van der Waals surface area contributed by atoms with E-state index in [0.717, 1.165) is 44.2 Å². The lowest BCUT2D eigenvalue weighted by molar-refractivity contribution is -0.142. The molecule has 0 radical (unpaired) electrons. The van der Waals surface area contributed by atoms with E-state index < -0.39 is 35.1 Å². The van der Waals surface area contributed by atoms with Gasteiger partial charge < -0.3 is 25.8 Å². The molecule has 3 aliphatic rings. The molecule has 4 N–H and O–H groups in total. The molecular weight excluding hydrogens is 530 g/mol. The van der Waals surface area contributed by atoms with E-state index in [1.54, 1.807) is 12.1 Å². The minimum absolute atomic E-state index is 0.0569. The van der Waals surface area contributed by atoms with Crippen LogP contribution in [0.15, 0.2) is 24.3 Å². The fraction of sp³-hybridized carbons (Fsp3) is 0.536. The number of benzene rings is 1. The van der Waals surface area contributed by atoms with E-state index in [1.165, 1.54) is 7.11 Å². The van der Waals surface area contributed by atoms with Crippen LogP contribution in [0.1, 0.15) is 63.4 Å². The number of anilines is 2. The number of pyridine rings is 1. The number of rotatable bonds is 7. The molecule has 5 rings (SSSR count). The maximum Gasteiger partial charge on any atom is 0.306 e. The van der Waals surface area contributed by atoms with Gasteiger partial charge in [0.25, 0.3) is 0 Å². The van der Waals surface area contributed by atoms with Gasteiger partial charge in [-0.1, -0.05) is 30.9 Å². The van der Waals surface area contributed by atoms with Crippen LogP contribution in [0.5, 0.6) is 5.88 Å². The Morgan fingerprint density at radius 3 is 2.23 bits per heavy atom. The third kappa shape index (κ3) is 5.35. The summed E-state index contributed by atoms with van der Waals surface area (Å²) in [5, 5.41) is 19.5. The lowest BCUT2D eigenvalue weighted by Gasteiger charge is -2.44. The number of nitrogens with zero attached hydrogens (tertiary/aromatic N) is 1. The molecule has 1 aromatic carbocycles. The highest BCUT2D eigenvalue weighted by molar-refractivity contribution is 6.29. The summed E-state index contributed by atoms with van der Waals surface area (Å²) in [6, 6.07) is 5.31. The molecular formula is C28H33ClF2N4O4. The Labute approximate surface area is 230 Å². The molecule has 1 unspecified atom stereocenters. The smallest absolute Gasteiger partial charge is 0.306 e. The third-order valence-corrected chi connectivity index (χ3v) is 8.67. The van der Waals surface area contributed by atoms with E-state index in [9.17, 15) is 23.5 Å². The molecule has 1 aliphatic heterocycles. The highest BCUT2D eigenvalue weighted by atomic mass is 35.5. The predicted octanol–water partition coefficient (Wildman–Crippen LogP) is 5.67. The van der Waals surface area contributed by atoms with Gasteiger partial charge in [0, 0.05) is 18.2 Å². The molecule has 0 spiro atoms. The van der Waals surface area contributed by atoms with Crippen LogP contribution in [-0.2, 0) is 15.3 Å². The van der Waals surface area contributed by atoms with E-state index in [2.05, 4.69) is 20.9 Å². The highest BCUT2D eigenvalue weighted by Crippen LogP contribution is 2.51. The fourth-order valence-corrected chi connectivity index (χ4v) is 6.69. The van der Waals surface area contributed by atoms with Gasteiger partial charge >= 0.3 is 5.97 Å². The molecule has 2 aliphatic carbocycles. The standard InChI is InChI=1S/C28H33ClF2N4O4/c1-39-26-18(11-12-23(29)33-26)28(34-21-13-19(30)20(31)14-22(21)35-28)24(15-5-3-2-4-6-15)25(36)32-17-9-7-16(8-10-17)27(37)38/h11-17,24,34-35H,2-10H2,1H3,(H,32,36)(H,37,38). The first-order valence-corrected chi connectivity index (χ1v) is 13.9. The summed E-state index contributed by atoms with van der Waals surface area (Å²) in [6.07, 6.45) is 6.71. The summed E-state index contributed by atoms with van der Waals surface area (Å²) in [4.78, 5) is 30.1. The molecule has 1 aromatic heterocycles. The van der Waals surface area contributed by atoms with E-state index in [1.807, 2.05) is 0 Å². The maximum atomic E-state index is 14.3. The average Bonchev–Trinajstić information content (AvgIpc) is 3.27. The van der Waals surface area contributed by atoms with Crippen molar-refractivity contribution >= 4 is 34.9 Å². The van der Waals surface area contributed by atoms with Gasteiger partial charge in [-0.3, -0.25) is 9.59 Å². The largest absolute Gasteiger partial charge is 0.481 e. The van der Waals surface area contributed by atoms with Crippen LogP contribution in [-0.4, -0.2) is 35.1 Å². The maximum absolute atomic E-state index is 14.3. The van der Waals surface area contributed by atoms with Crippen molar-refractivity contribution in [3.8, 4) is 5.88 Å². The Morgan fingerprint density at radius 2 is 1.67 bits per heavy atom. The number of halogens is 3. The molecule has 2 fully saturated rings. The van der Waals surface area contributed by atoms with Crippen molar-refractivity contribution in [3.63, 3.8) is 0 Å². The lowest BCUT2D eigenvalue weighted by atomic mass is 9.71. The SMILES string of the molecule is COc1nc(Cl)ccc1C1(C(C(=O)NC2CCC(C(=O)O)CC2)C2CCCCC2)Nc2cc(F)c(F)cc2N1. The molecule has 2 saturated carbocycles. The molecule has 0 saturated heterocycles. The van der Waals surface area contributed by atoms with E-state index in [4.69, 9.17) is 16.3 Å². The van der Waals surface area contributed by atoms with E-state index in [-0.39, 0.29) is 28.9 Å². The Balaban J connectivity index is 1.57. The van der Waals surface area contributed by atoms with Gasteiger partial charge in [-0.15, -0.1) is 0 Å². The number of carboxylic acid groups (broad SMARTS) is 1. The molecule has 2 aromatic rings. The second-order valence-corrected chi connectivity index (χ2v) is 11.2. The number of nitrogens with one attached hydrogen (secondary N) is 3. The number of hydrogen-bond acceptors (Lipinski definition) is 6. The zero-order valence-electron chi connectivity index (χ0n) is 21.7. The van der Waals surface area contributed by atoms with Crippen LogP contribution < -0.4 is 20.7 Å². The lowest BCUT2D eigenvalue weighted by Crippen LogP contribution is -2.57. The van der Waals surface area contributed by atoms with Crippen molar-refractivity contribution in [2.75, 3.05) is 17.7 Å². The van der Waals surface area contributed by atoms with Gasteiger partial charge in [-0.05, 0) is 56.6 Å². The predicted molar refractivity (Wildman–Crippen MR) is 143 cm³/mol. The zero-order valence-corrected chi connectivity index (χ0v) is 22.5. The number of methoxy groups -OCH3 is 1. The van der Waals surface area contributed by atoms with Crippen molar-refractivity contribution in [3.05, 3.63) is 46.6 Å². The van der Waals surface area contributed by atoms with Crippen molar-refractivity contribution in [1.82, 2.24) is 10.3 Å². The van der Waals surface area contributed by atoms with Crippen LogP contribution in [0.3, 0.4) is 0 Å². The number of aromatic nitrogens is 1. The zero-order chi connectivity index (χ0) is 27.7. The first kappa shape index (κ1) is 27.4. The molecule has 210 valence electrons. The van der Waals surface area contributed by atoms with Crippen LogP contribution in [0, 0.1) is 29.4 Å². The van der Waals surface area contributed by atoms with E-state index >= 15 is 0 Å². The average molecular weight is 563 g/mol. The summed E-state index contributed by atoms with van der Waals surface area (Å²) in [5.41, 5.74) is -0.203. The van der Waals surface area contributed by atoms with Gasteiger partial charge in [0.15, 0.2) is 17.3 Å². The normalized spacial score (nSPS) is 23.2. The molecule has 8 nitrogen and oxygen atoms in total. The second kappa shape index (κ2) is 11.2. The molecule has 39 heavy (non-hydrogen) atoms. The first-order valence-electron chi connectivity index (χ1n) is 13.5. The van der Waals surface area contributed by atoms with E-state index in [0.29, 0.717) is 42.6 Å². The van der Waals surface area contributed by atoms with Gasteiger partial charge in [0.2, 0.25) is 11.8 Å². The summed E-state index contributed by atoms with van der Waals surface area (Å²) in [6.45, 7) is 0. The number of carbonyl (C=O) groups is 2. The number of carboxylic acids is 1. The quantitative estimate of drug-likeness (QED) is 0.322. The number of fused-ring (bicyclic) bond motifs is 1. The van der Waals surface area contributed by atoms with Gasteiger partial charge in [0.1, 0.15) is 5.15 Å².